The number of halogens is 1. The van der Waals surface area contributed by atoms with Gasteiger partial charge in [-0.05, 0) is 17.7 Å². The normalized spacial score (nSPS) is 12.5. The molecule has 0 aromatic heterocycles. The van der Waals surface area contributed by atoms with Crippen molar-refractivity contribution in [3.05, 3.63) is 34.3 Å². The summed E-state index contributed by atoms with van der Waals surface area (Å²) in [5.74, 6) is -1.02. The van der Waals surface area contributed by atoms with Crippen LogP contribution in [0.15, 0.2) is 28.7 Å². The Balaban J connectivity index is 2.89. The fraction of sp³-hybridized carbons (Fsp3) is 0.125. The number of carbonyl (C=O) groups is 1. The van der Waals surface area contributed by atoms with E-state index in [1.165, 1.54) is 0 Å². The number of benzene rings is 1. The van der Waals surface area contributed by atoms with Crippen LogP contribution in [-0.4, -0.2) is 11.1 Å². The summed E-state index contributed by atoms with van der Waals surface area (Å²) in [5, 5.41) is 8.57. The number of aliphatic carboxylic acids is 1. The molecule has 0 aliphatic carbocycles. The van der Waals surface area contributed by atoms with Crippen LogP contribution >= 0.6 is 15.9 Å². The van der Waals surface area contributed by atoms with Gasteiger partial charge in [-0.1, -0.05) is 28.1 Å². The lowest BCUT2D eigenvalue weighted by Gasteiger charge is -2.05. The minimum atomic E-state index is -1.02. The van der Waals surface area contributed by atoms with E-state index in [0.29, 0.717) is 5.56 Å². The van der Waals surface area contributed by atoms with Crippen molar-refractivity contribution in [3.63, 3.8) is 0 Å². The lowest BCUT2D eigenvalue weighted by molar-refractivity contribution is -0.138. The molecular weight excluding hydrogens is 222 g/mol. The standard InChI is InChI=1S/C8H8BrNO2/c9-6-3-1-5(2-4-6)7(10)8(11)12/h1-4,7H,10H2,(H,11,12)/t7-/m1/s1. The van der Waals surface area contributed by atoms with E-state index in [2.05, 4.69) is 15.9 Å². The van der Waals surface area contributed by atoms with Gasteiger partial charge in [0.15, 0.2) is 0 Å². The summed E-state index contributed by atoms with van der Waals surface area (Å²) in [6.07, 6.45) is 0. The van der Waals surface area contributed by atoms with Crippen molar-refractivity contribution in [1.29, 1.82) is 0 Å². The minimum Gasteiger partial charge on any atom is -0.480 e. The fourth-order valence-corrected chi connectivity index (χ4v) is 1.08. The summed E-state index contributed by atoms with van der Waals surface area (Å²) >= 11 is 3.24. The summed E-state index contributed by atoms with van der Waals surface area (Å²) < 4.78 is 0.906. The van der Waals surface area contributed by atoms with Crippen molar-refractivity contribution in [2.45, 2.75) is 6.04 Å². The summed E-state index contributed by atoms with van der Waals surface area (Å²) in [6.45, 7) is 0. The largest absolute Gasteiger partial charge is 0.480 e. The Morgan fingerprint density at radius 3 is 2.33 bits per heavy atom. The molecule has 0 aliphatic rings. The van der Waals surface area contributed by atoms with Gasteiger partial charge in [0.1, 0.15) is 6.04 Å². The van der Waals surface area contributed by atoms with Crippen LogP contribution in [0.3, 0.4) is 0 Å². The molecule has 1 aromatic rings. The van der Waals surface area contributed by atoms with Gasteiger partial charge in [-0.3, -0.25) is 4.79 Å². The van der Waals surface area contributed by atoms with E-state index in [9.17, 15) is 4.79 Å². The van der Waals surface area contributed by atoms with Crippen LogP contribution in [0, 0.1) is 0 Å². The third kappa shape index (κ3) is 2.06. The SMILES string of the molecule is N[C@@H](C(=O)O)c1ccc(Br)cc1. The number of hydrogen-bond donors (Lipinski definition) is 2. The molecule has 0 unspecified atom stereocenters. The van der Waals surface area contributed by atoms with Crippen molar-refractivity contribution in [2.75, 3.05) is 0 Å². The van der Waals surface area contributed by atoms with Crippen molar-refractivity contribution < 1.29 is 9.90 Å². The molecule has 0 saturated carbocycles. The van der Waals surface area contributed by atoms with E-state index in [4.69, 9.17) is 10.8 Å². The highest BCUT2D eigenvalue weighted by molar-refractivity contribution is 9.10. The average Bonchev–Trinajstić information content (AvgIpc) is 2.04. The third-order valence-corrected chi connectivity index (χ3v) is 2.02. The molecule has 0 amide bonds. The molecule has 1 rings (SSSR count). The first-order valence-electron chi connectivity index (χ1n) is 3.35. The highest BCUT2D eigenvalue weighted by atomic mass is 79.9. The van der Waals surface area contributed by atoms with E-state index >= 15 is 0 Å². The zero-order valence-corrected chi connectivity index (χ0v) is 7.78. The van der Waals surface area contributed by atoms with Crippen molar-refractivity contribution >= 4 is 21.9 Å². The minimum absolute atomic E-state index is 0.603. The predicted molar refractivity (Wildman–Crippen MR) is 48.7 cm³/mol. The van der Waals surface area contributed by atoms with Crippen LogP contribution in [-0.2, 0) is 4.79 Å². The first-order valence-corrected chi connectivity index (χ1v) is 4.14. The van der Waals surface area contributed by atoms with Crippen LogP contribution in [0.25, 0.3) is 0 Å². The smallest absolute Gasteiger partial charge is 0.325 e. The zero-order valence-electron chi connectivity index (χ0n) is 6.20. The van der Waals surface area contributed by atoms with Gasteiger partial charge in [0.05, 0.1) is 0 Å². The molecule has 0 spiro atoms. The molecule has 0 heterocycles. The topological polar surface area (TPSA) is 63.3 Å². The first-order chi connectivity index (χ1) is 5.61. The number of nitrogens with two attached hydrogens (primary N) is 1. The first kappa shape index (κ1) is 9.22. The summed E-state index contributed by atoms with van der Waals surface area (Å²) in [6, 6.07) is 5.96. The molecule has 4 heteroatoms. The molecule has 3 nitrogen and oxygen atoms in total. The Hall–Kier alpha value is -0.870. The number of rotatable bonds is 2. The maximum Gasteiger partial charge on any atom is 0.325 e. The molecule has 0 bridgehead atoms. The van der Waals surface area contributed by atoms with Gasteiger partial charge in [-0.2, -0.15) is 0 Å². The van der Waals surface area contributed by atoms with Gasteiger partial charge in [-0.15, -0.1) is 0 Å². The van der Waals surface area contributed by atoms with Crippen LogP contribution in [0.2, 0.25) is 0 Å². The predicted octanol–water partition coefficient (Wildman–Crippen LogP) is 1.53. The lowest BCUT2D eigenvalue weighted by Crippen LogP contribution is -2.20. The Bertz CT molecular complexity index is 284. The van der Waals surface area contributed by atoms with E-state index in [-0.39, 0.29) is 0 Å². The monoisotopic (exact) mass is 229 g/mol. The molecule has 0 fully saturated rings. The van der Waals surface area contributed by atoms with E-state index in [1.807, 2.05) is 0 Å². The second-order valence-corrected chi connectivity index (χ2v) is 3.28. The van der Waals surface area contributed by atoms with Gasteiger partial charge in [-0.25, -0.2) is 0 Å². The van der Waals surface area contributed by atoms with Crippen LogP contribution < -0.4 is 5.73 Å². The van der Waals surface area contributed by atoms with Crippen molar-refractivity contribution in [2.24, 2.45) is 5.73 Å². The number of hydrogen-bond acceptors (Lipinski definition) is 2. The van der Waals surface area contributed by atoms with E-state index in [1.54, 1.807) is 24.3 Å². The Labute approximate surface area is 78.3 Å². The summed E-state index contributed by atoms with van der Waals surface area (Å²) in [7, 11) is 0. The summed E-state index contributed by atoms with van der Waals surface area (Å²) in [5.41, 5.74) is 5.98. The van der Waals surface area contributed by atoms with Gasteiger partial charge in [0, 0.05) is 4.47 Å². The summed E-state index contributed by atoms with van der Waals surface area (Å²) in [4.78, 5) is 10.4. The van der Waals surface area contributed by atoms with Gasteiger partial charge >= 0.3 is 5.97 Å². The maximum absolute atomic E-state index is 10.4. The zero-order chi connectivity index (χ0) is 9.14. The molecule has 1 atom stereocenters. The molecule has 0 saturated heterocycles. The fourth-order valence-electron chi connectivity index (χ4n) is 0.813. The van der Waals surface area contributed by atoms with Crippen molar-refractivity contribution in [1.82, 2.24) is 0 Å². The van der Waals surface area contributed by atoms with Gasteiger partial charge < -0.3 is 10.8 Å². The Morgan fingerprint density at radius 1 is 1.42 bits per heavy atom. The Kier molecular flexibility index (Phi) is 2.83. The second-order valence-electron chi connectivity index (χ2n) is 2.37. The molecule has 3 N–H and O–H groups in total. The van der Waals surface area contributed by atoms with E-state index < -0.39 is 12.0 Å². The maximum atomic E-state index is 10.4. The van der Waals surface area contributed by atoms with E-state index in [0.717, 1.165) is 4.47 Å². The highest BCUT2D eigenvalue weighted by Gasteiger charge is 2.12. The third-order valence-electron chi connectivity index (χ3n) is 1.50. The average molecular weight is 230 g/mol. The van der Waals surface area contributed by atoms with Crippen LogP contribution in [0.5, 0.6) is 0 Å². The van der Waals surface area contributed by atoms with Crippen molar-refractivity contribution in [3.8, 4) is 0 Å². The Morgan fingerprint density at radius 2 is 1.92 bits per heavy atom. The second kappa shape index (κ2) is 3.69. The van der Waals surface area contributed by atoms with Gasteiger partial charge in [0.2, 0.25) is 0 Å². The molecule has 0 radical (unpaired) electrons. The molecule has 12 heavy (non-hydrogen) atoms. The molecular formula is C8H8BrNO2. The van der Waals surface area contributed by atoms with Gasteiger partial charge in [0.25, 0.3) is 0 Å². The van der Waals surface area contributed by atoms with Crippen LogP contribution in [0.1, 0.15) is 11.6 Å². The van der Waals surface area contributed by atoms with Crippen LogP contribution in [0.4, 0.5) is 0 Å². The molecule has 64 valence electrons. The lowest BCUT2D eigenvalue weighted by atomic mass is 10.1. The molecule has 1 aromatic carbocycles. The molecule has 0 aliphatic heterocycles. The highest BCUT2D eigenvalue weighted by Crippen LogP contribution is 2.15. The number of carboxylic acids is 1. The quantitative estimate of drug-likeness (QED) is 0.809. The number of carboxylic acid groups (broad SMARTS) is 1.